The standard InChI is InChI=1S/3C3H7ClO.H3O4P/c3*1-3(4)2-5;1-5(2,3)4/h3*3,5H,2H2,1H3;(H3,1,2,3,4)/p-3. The summed E-state index contributed by atoms with van der Waals surface area (Å²) in [4.78, 5) is 25.6. The molecule has 7 nitrogen and oxygen atoms in total. The molecule has 3 N–H and O–H groups in total. The molecular weight excluding hydrogens is 357 g/mol. The van der Waals surface area contributed by atoms with Crippen molar-refractivity contribution in [1.82, 2.24) is 0 Å². The van der Waals surface area contributed by atoms with Crippen molar-refractivity contribution in [2.75, 3.05) is 19.8 Å². The fraction of sp³-hybridized carbons (Fsp3) is 1.00. The first kappa shape index (κ1) is 28.9. The fourth-order valence-corrected chi connectivity index (χ4v) is 0. The van der Waals surface area contributed by atoms with E-state index in [2.05, 4.69) is 0 Å². The second-order valence-corrected chi connectivity index (χ2v) is 6.47. The van der Waals surface area contributed by atoms with E-state index in [1.54, 1.807) is 20.8 Å². The average Bonchev–Trinajstić information content (AvgIpc) is 2.28. The van der Waals surface area contributed by atoms with Gasteiger partial charge in [0.15, 0.2) is 0 Å². The van der Waals surface area contributed by atoms with Gasteiger partial charge in [0.25, 0.3) is 0 Å². The number of halogens is 3. The lowest BCUT2D eigenvalue weighted by molar-refractivity contribution is -0.432. The van der Waals surface area contributed by atoms with Crippen LogP contribution in [0.3, 0.4) is 0 Å². The Labute approximate surface area is 134 Å². The quantitative estimate of drug-likeness (QED) is 0.421. The Hall–Kier alpha value is 0.860. The first-order valence-corrected chi connectivity index (χ1v) is 8.06. The molecule has 0 heterocycles. The van der Waals surface area contributed by atoms with Crippen LogP contribution in [0.4, 0.5) is 0 Å². The van der Waals surface area contributed by atoms with Crippen molar-refractivity contribution >= 4 is 42.6 Å². The topological polar surface area (TPSA) is 147 Å². The zero-order chi connectivity index (χ0) is 17.4. The zero-order valence-electron chi connectivity index (χ0n) is 11.4. The van der Waals surface area contributed by atoms with E-state index in [1.165, 1.54) is 0 Å². The van der Waals surface area contributed by atoms with Gasteiger partial charge in [-0.15, -0.1) is 34.8 Å². The van der Waals surface area contributed by atoms with Gasteiger partial charge < -0.3 is 34.6 Å². The van der Waals surface area contributed by atoms with Gasteiger partial charge >= 0.3 is 0 Å². The van der Waals surface area contributed by atoms with E-state index < -0.39 is 7.82 Å². The summed E-state index contributed by atoms with van der Waals surface area (Å²) < 4.78 is 8.55. The summed E-state index contributed by atoms with van der Waals surface area (Å²) in [6.07, 6.45) is 0. The van der Waals surface area contributed by atoms with E-state index >= 15 is 0 Å². The van der Waals surface area contributed by atoms with Crippen LogP contribution in [0.15, 0.2) is 0 Å². The molecule has 0 bridgehead atoms. The molecule has 0 fully saturated rings. The van der Waals surface area contributed by atoms with Crippen molar-refractivity contribution < 1.29 is 34.6 Å². The summed E-state index contributed by atoms with van der Waals surface area (Å²) in [6, 6.07) is 0. The van der Waals surface area contributed by atoms with Crippen LogP contribution in [0.25, 0.3) is 0 Å². The third-order valence-corrected chi connectivity index (χ3v) is 1.17. The highest BCUT2D eigenvalue weighted by atomic mass is 35.5. The Morgan fingerprint density at radius 2 is 0.850 bits per heavy atom. The Morgan fingerprint density at radius 3 is 0.850 bits per heavy atom. The first-order valence-electron chi connectivity index (χ1n) is 5.29. The Kier molecular flexibility index (Phi) is 28.7. The predicted octanol–water partition coefficient (Wildman–Crippen LogP) is -1.01. The maximum Gasteiger partial charge on any atom is 0.0592 e. The minimum atomic E-state index is -5.39. The van der Waals surface area contributed by atoms with Gasteiger partial charge in [-0.2, -0.15) is 7.82 Å². The SMILES string of the molecule is CC(Cl)CO.CC(Cl)CO.CC(Cl)CO.O=P([O-])([O-])[O-]. The molecule has 0 aliphatic carbocycles. The van der Waals surface area contributed by atoms with Crippen LogP contribution >= 0.6 is 42.6 Å². The van der Waals surface area contributed by atoms with Crippen molar-refractivity contribution in [3.63, 3.8) is 0 Å². The molecule has 0 rings (SSSR count). The molecule has 0 spiro atoms. The minimum absolute atomic E-state index is 0.0710. The van der Waals surface area contributed by atoms with Crippen molar-refractivity contribution in [1.29, 1.82) is 0 Å². The monoisotopic (exact) mass is 377 g/mol. The summed E-state index contributed by atoms with van der Waals surface area (Å²) >= 11 is 15.6. The Morgan fingerprint density at radius 1 is 0.800 bits per heavy atom. The highest BCUT2D eigenvalue weighted by molar-refractivity contribution is 7.40. The number of phosphoric acid groups is 1. The summed E-state index contributed by atoms with van der Waals surface area (Å²) in [5.41, 5.74) is 0. The lowest BCUT2D eigenvalue weighted by Crippen LogP contribution is -2.24. The van der Waals surface area contributed by atoms with Crippen LogP contribution in [0, 0.1) is 0 Å². The van der Waals surface area contributed by atoms with Gasteiger partial charge in [-0.05, 0) is 20.8 Å². The van der Waals surface area contributed by atoms with E-state index in [-0.39, 0.29) is 36.0 Å². The summed E-state index contributed by atoms with van der Waals surface area (Å²) in [6.45, 7) is 5.43. The van der Waals surface area contributed by atoms with E-state index in [4.69, 9.17) is 69.4 Å². The molecular formula is C9H21Cl3O7P-3. The van der Waals surface area contributed by atoms with Crippen LogP contribution in [-0.4, -0.2) is 51.3 Å². The van der Waals surface area contributed by atoms with Crippen LogP contribution < -0.4 is 14.7 Å². The number of aliphatic hydroxyl groups excluding tert-OH is 3. The van der Waals surface area contributed by atoms with Crippen LogP contribution in [0.2, 0.25) is 0 Å². The largest absolute Gasteiger partial charge is 0.822 e. The number of hydrogen-bond donors (Lipinski definition) is 3. The van der Waals surface area contributed by atoms with E-state index in [0.717, 1.165) is 0 Å². The van der Waals surface area contributed by atoms with Crippen LogP contribution in [0.5, 0.6) is 0 Å². The second kappa shape index (κ2) is 19.9. The van der Waals surface area contributed by atoms with Gasteiger partial charge in [-0.1, -0.05) is 0 Å². The molecule has 128 valence electrons. The average molecular weight is 379 g/mol. The molecule has 3 atom stereocenters. The Bertz CT molecular complexity index is 184. The zero-order valence-corrected chi connectivity index (χ0v) is 14.6. The highest BCUT2D eigenvalue weighted by Crippen LogP contribution is 2.03. The minimum Gasteiger partial charge on any atom is -0.822 e. The third-order valence-electron chi connectivity index (χ3n) is 0.755. The Balaban J connectivity index is -0.0000000853. The number of rotatable bonds is 3. The molecule has 0 aromatic rings. The molecule has 20 heavy (non-hydrogen) atoms. The van der Waals surface area contributed by atoms with Gasteiger partial charge in [-0.25, -0.2) is 0 Å². The fourth-order valence-electron chi connectivity index (χ4n) is 0. The van der Waals surface area contributed by atoms with Gasteiger partial charge in [-0.3, -0.25) is 0 Å². The van der Waals surface area contributed by atoms with Gasteiger partial charge in [0, 0.05) is 0 Å². The molecule has 0 saturated carbocycles. The summed E-state index contributed by atoms with van der Waals surface area (Å²) in [5, 5.41) is 23.8. The number of alkyl halides is 3. The molecule has 0 aliphatic heterocycles. The maximum absolute atomic E-state index is 8.55. The first-order chi connectivity index (χ1) is 8.81. The summed E-state index contributed by atoms with van der Waals surface area (Å²) in [5.74, 6) is 0. The molecule has 0 aromatic heterocycles. The van der Waals surface area contributed by atoms with Gasteiger partial charge in [0.2, 0.25) is 0 Å². The van der Waals surface area contributed by atoms with E-state index in [1.807, 2.05) is 0 Å². The van der Waals surface area contributed by atoms with E-state index in [9.17, 15) is 0 Å². The number of hydrogen-bond acceptors (Lipinski definition) is 7. The highest BCUT2D eigenvalue weighted by Gasteiger charge is 1.85. The van der Waals surface area contributed by atoms with Crippen molar-refractivity contribution in [2.24, 2.45) is 0 Å². The summed E-state index contributed by atoms with van der Waals surface area (Å²) in [7, 11) is -5.39. The van der Waals surface area contributed by atoms with E-state index in [0.29, 0.717) is 0 Å². The predicted molar refractivity (Wildman–Crippen MR) is 74.8 cm³/mol. The van der Waals surface area contributed by atoms with Gasteiger partial charge in [0.1, 0.15) is 0 Å². The van der Waals surface area contributed by atoms with Crippen LogP contribution in [0.1, 0.15) is 20.8 Å². The number of aliphatic hydroxyl groups is 3. The molecule has 0 amide bonds. The maximum atomic E-state index is 8.55. The lowest BCUT2D eigenvalue weighted by Gasteiger charge is -2.36. The molecule has 3 unspecified atom stereocenters. The van der Waals surface area contributed by atoms with Crippen LogP contribution in [-0.2, 0) is 4.57 Å². The molecule has 11 heteroatoms. The molecule has 0 aliphatic rings. The van der Waals surface area contributed by atoms with Crippen molar-refractivity contribution in [3.8, 4) is 0 Å². The van der Waals surface area contributed by atoms with Crippen molar-refractivity contribution in [3.05, 3.63) is 0 Å². The molecule has 0 radical (unpaired) electrons. The second-order valence-electron chi connectivity index (χ2n) is 3.34. The third kappa shape index (κ3) is 128. The lowest BCUT2D eigenvalue weighted by atomic mass is 10.5. The smallest absolute Gasteiger partial charge is 0.0592 e. The normalized spacial score (nSPS) is 14.2. The molecule has 0 saturated heterocycles. The van der Waals surface area contributed by atoms with Gasteiger partial charge in [0.05, 0.1) is 36.0 Å². The van der Waals surface area contributed by atoms with Crippen molar-refractivity contribution in [2.45, 2.75) is 36.9 Å². The molecule has 0 aromatic carbocycles.